The maximum absolute atomic E-state index is 13.1. The molecule has 0 aliphatic heterocycles. The van der Waals surface area contributed by atoms with Crippen LogP contribution < -0.4 is 11.5 Å². The second-order valence-corrected chi connectivity index (χ2v) is 20.0. The molecule has 0 aliphatic carbocycles. The van der Waals surface area contributed by atoms with E-state index in [4.69, 9.17) is 21.3 Å². The third-order valence-corrected chi connectivity index (χ3v) is 13.3. The van der Waals surface area contributed by atoms with E-state index >= 15 is 0 Å². The average molecular weight is 1280 g/mol. The number of hydrogen-bond donors (Lipinski definition) is 2. The second kappa shape index (κ2) is 35.5. The fourth-order valence-corrected chi connectivity index (χ4v) is 8.76. The summed E-state index contributed by atoms with van der Waals surface area (Å²) in [6, 6.07) is 48.1. The fourth-order valence-electron chi connectivity index (χ4n) is 8.76. The Kier molecular flexibility index (Phi) is 26.0. The molecule has 0 radical (unpaired) electrons. The summed E-state index contributed by atoms with van der Waals surface area (Å²) in [6.07, 6.45) is 20.0. The lowest BCUT2D eigenvalue weighted by atomic mass is 9.92. The zero-order valence-corrected chi connectivity index (χ0v) is 51.1. The van der Waals surface area contributed by atoms with Crippen molar-refractivity contribution in [1.82, 2.24) is 44.9 Å². The van der Waals surface area contributed by atoms with Gasteiger partial charge in [0.15, 0.2) is 23.1 Å². The number of hydrogen-bond acceptors (Lipinski definition) is 16. The van der Waals surface area contributed by atoms with Gasteiger partial charge in [-0.2, -0.15) is 10.2 Å². The number of allylic oxidation sites excluding steroid dienone is 1. The number of nitrogen functional groups attached to an aromatic ring is 2. The van der Waals surface area contributed by atoms with Gasteiger partial charge in [0.25, 0.3) is 0 Å². The van der Waals surface area contributed by atoms with Gasteiger partial charge in [-0.15, -0.1) is 13.2 Å². The van der Waals surface area contributed by atoms with E-state index in [1.54, 1.807) is 140 Å². The van der Waals surface area contributed by atoms with Crippen LogP contribution in [0, 0.1) is 40.4 Å². The Morgan fingerprint density at radius 1 is 0.516 bits per heavy atom. The molecule has 0 amide bonds. The van der Waals surface area contributed by atoms with Crippen molar-refractivity contribution in [3.05, 3.63) is 332 Å². The van der Waals surface area contributed by atoms with Gasteiger partial charge in [-0.25, -0.2) is 26.9 Å². The maximum atomic E-state index is 13.1. The first-order chi connectivity index (χ1) is 46.0. The molecule has 4 N–H and O–H groups in total. The van der Waals surface area contributed by atoms with Gasteiger partial charge in [-0.3, -0.25) is 39.3 Å². The number of carbonyl (C=O) groups excluding carboxylic acids is 3. The van der Waals surface area contributed by atoms with Crippen molar-refractivity contribution in [1.29, 1.82) is 5.26 Å². The topological polar surface area (TPSA) is 247 Å². The van der Waals surface area contributed by atoms with Crippen LogP contribution in [0.2, 0.25) is 0 Å². The van der Waals surface area contributed by atoms with Crippen molar-refractivity contribution in [3.8, 4) is 50.9 Å². The quantitative estimate of drug-likeness (QED) is 0.0445. The molecule has 1 unspecified atom stereocenters. The summed E-state index contributed by atoms with van der Waals surface area (Å²) >= 11 is 0. The van der Waals surface area contributed by atoms with Crippen LogP contribution in [-0.4, -0.2) is 76.4 Å². The van der Waals surface area contributed by atoms with Crippen molar-refractivity contribution in [3.63, 3.8) is 0 Å². The van der Waals surface area contributed by atoms with E-state index in [-0.39, 0.29) is 52.4 Å². The predicted molar refractivity (Wildman–Crippen MR) is 354 cm³/mol. The minimum absolute atomic E-state index is 0.0220. The number of nitrogens with zero attached hydrogens (tertiary/aromatic N) is 10. The first-order valence-corrected chi connectivity index (χ1v) is 28.6. The number of Topliss-reactive ketones (excluding diaryl/α,β-unsaturated/α-hetero) is 3. The van der Waals surface area contributed by atoms with Crippen molar-refractivity contribution in [2.45, 2.75) is 12.3 Å². The number of rotatable bonds is 14. The van der Waals surface area contributed by atoms with Crippen LogP contribution in [0.1, 0.15) is 53.7 Å². The monoisotopic (exact) mass is 1270 g/mol. The first-order valence-electron chi connectivity index (χ1n) is 28.6. The van der Waals surface area contributed by atoms with E-state index in [1.165, 1.54) is 109 Å². The van der Waals surface area contributed by atoms with Crippen LogP contribution in [0.4, 0.5) is 33.7 Å². The highest BCUT2D eigenvalue weighted by atomic mass is 19.1. The molecule has 21 heteroatoms. The number of ketones is 3. The zero-order valence-electron chi connectivity index (χ0n) is 51.1. The highest BCUT2D eigenvalue weighted by Gasteiger charge is 2.22. The van der Waals surface area contributed by atoms with Gasteiger partial charge in [0.05, 0.1) is 23.5 Å². The standard InChI is InChI=1S/C16H15FN2O.C15H12FN5.2C14H9FN2O.C13H10FNO.C2H4/c1-19(2)11-15(12-7-9-18-10-8-12)16(20)13-3-5-14(17)6-4-13;16-11-3-1-10(2-4-11)13-12(9-5-7-19-8-6-9)14(17)21-15(18)20-13;15-12-3-1-11(2-4-12)14-13(9-17-18-14)10-5-7-16-8-6-10;15-12-3-1-11(2-4-12)14(18)13(9-16)10-5-7-17-8-6-10;14-12-3-1-11(2-4-12)13(16)9-10-5-7-15-8-6-10;1-2/h3-11H,1-2H3;1-8H,(H4,17,18,20,21);1-9H;1-8,13H;1-8H,9H2;1-2H2/b15-11+;;;;;. The van der Waals surface area contributed by atoms with Gasteiger partial charge in [0.1, 0.15) is 40.8 Å². The Labute approximate surface area is 544 Å². The van der Waals surface area contributed by atoms with E-state index < -0.39 is 11.7 Å². The average Bonchev–Trinajstić information content (AvgIpc) is 1.26. The SMILES string of the molecule is C=C.CN(C)/C=C(/C(=O)c1ccc(F)cc1)c1ccncc1.Fc1ccc(-c2oncc2-c2ccncc2)cc1.N#CC(C(=O)c1ccc(F)cc1)c1ccncc1.Nc1nc(N)c(-c2ccncc2)c(-c2ccc(F)cc2)n1.O=C(Cc1ccncc1)c1ccc(F)cc1. The molecule has 0 fully saturated rings. The summed E-state index contributed by atoms with van der Waals surface area (Å²) in [5.41, 5.74) is 21.2. The van der Waals surface area contributed by atoms with Crippen molar-refractivity contribution < 1.29 is 40.9 Å². The van der Waals surface area contributed by atoms with Gasteiger partial charge < -0.3 is 20.9 Å². The van der Waals surface area contributed by atoms with E-state index in [9.17, 15) is 36.3 Å². The van der Waals surface area contributed by atoms with Gasteiger partial charge in [0.2, 0.25) is 5.95 Å². The number of halogens is 5. The molecule has 12 aromatic rings. The van der Waals surface area contributed by atoms with Crippen molar-refractivity contribution >= 4 is 34.7 Å². The smallest absolute Gasteiger partial charge is 0.222 e. The Morgan fingerprint density at radius 3 is 1.42 bits per heavy atom. The van der Waals surface area contributed by atoms with E-state index in [0.29, 0.717) is 56.8 Å². The van der Waals surface area contributed by atoms with E-state index in [1.807, 2.05) is 32.3 Å². The molecule has 7 heterocycles. The molecule has 474 valence electrons. The van der Waals surface area contributed by atoms with Crippen molar-refractivity contribution in [2.75, 3.05) is 25.6 Å². The van der Waals surface area contributed by atoms with Gasteiger partial charge in [-0.05, 0) is 210 Å². The van der Waals surface area contributed by atoms with Gasteiger partial charge >= 0.3 is 0 Å². The predicted octanol–water partition coefficient (Wildman–Crippen LogP) is 15.2. The summed E-state index contributed by atoms with van der Waals surface area (Å²) in [7, 11) is 3.69. The summed E-state index contributed by atoms with van der Waals surface area (Å²) in [5, 5.41) is 12.9. The van der Waals surface area contributed by atoms with Crippen LogP contribution in [0.5, 0.6) is 0 Å². The third kappa shape index (κ3) is 20.6. The first kappa shape index (κ1) is 69.6. The summed E-state index contributed by atoms with van der Waals surface area (Å²) < 4.78 is 69.6. The molecule has 0 aliphatic rings. The van der Waals surface area contributed by atoms with Crippen LogP contribution in [0.3, 0.4) is 0 Å². The number of aromatic nitrogens is 8. The summed E-state index contributed by atoms with van der Waals surface area (Å²) in [6.45, 7) is 6.00. The van der Waals surface area contributed by atoms with Crippen LogP contribution >= 0.6 is 0 Å². The molecule has 0 saturated heterocycles. The Balaban J connectivity index is 0.000000167. The molecule has 5 aromatic carbocycles. The molecule has 0 saturated carbocycles. The number of benzene rings is 5. The molecule has 0 spiro atoms. The number of anilines is 2. The summed E-state index contributed by atoms with van der Waals surface area (Å²) in [4.78, 5) is 66.1. The number of carbonyl (C=O) groups is 3. The maximum Gasteiger partial charge on any atom is 0.222 e. The Morgan fingerprint density at radius 2 is 0.937 bits per heavy atom. The van der Waals surface area contributed by atoms with Gasteiger partial charge in [0, 0.05) is 128 Å². The summed E-state index contributed by atoms with van der Waals surface area (Å²) in [5.74, 6) is -2.13. The Bertz CT molecular complexity index is 4460. The van der Waals surface area contributed by atoms with Crippen LogP contribution in [0.15, 0.2) is 274 Å². The number of nitrogens with two attached hydrogens (primary N) is 2. The largest absolute Gasteiger partial charge is 0.383 e. The zero-order chi connectivity index (χ0) is 68.1. The lowest BCUT2D eigenvalue weighted by Gasteiger charge is -2.12. The Hall–Kier alpha value is -12.8. The molecule has 1 atom stereocenters. The van der Waals surface area contributed by atoms with E-state index in [2.05, 4.69) is 53.2 Å². The molecule has 12 rings (SSSR count). The molecular weight excluding hydrogens is 1220 g/mol. The van der Waals surface area contributed by atoms with Gasteiger partial charge in [-0.1, -0.05) is 5.16 Å². The second-order valence-electron chi connectivity index (χ2n) is 20.0. The van der Waals surface area contributed by atoms with Crippen LogP contribution in [0.25, 0.3) is 50.4 Å². The molecule has 16 nitrogen and oxygen atoms in total. The lowest BCUT2D eigenvalue weighted by molar-refractivity contribution is 0.0975. The normalized spacial score (nSPS) is 10.6. The highest BCUT2D eigenvalue weighted by Crippen LogP contribution is 2.35. The fraction of sp³-hybridized carbons (Fsp3) is 0.0541. The van der Waals surface area contributed by atoms with Crippen LogP contribution in [-0.2, 0) is 6.42 Å². The lowest BCUT2D eigenvalue weighted by Crippen LogP contribution is -2.11. The molecule has 95 heavy (non-hydrogen) atoms. The molecule has 7 aromatic heterocycles. The molecular formula is C74H59F5N12O4. The minimum atomic E-state index is -0.890. The number of pyridine rings is 5. The molecule has 0 bridgehead atoms. The number of nitriles is 1. The minimum Gasteiger partial charge on any atom is -0.383 e. The highest BCUT2D eigenvalue weighted by molar-refractivity contribution is 6.28. The van der Waals surface area contributed by atoms with E-state index in [0.717, 1.165) is 33.4 Å². The van der Waals surface area contributed by atoms with Crippen molar-refractivity contribution in [2.24, 2.45) is 0 Å². The third-order valence-electron chi connectivity index (χ3n) is 13.3.